The summed E-state index contributed by atoms with van der Waals surface area (Å²) in [5, 5.41) is 2.89. The van der Waals surface area contributed by atoms with Crippen molar-refractivity contribution in [1.82, 2.24) is 0 Å². The Hall–Kier alpha value is -1.55. The molecule has 106 valence electrons. The largest absolute Gasteiger partial charge is 0.494 e. The summed E-state index contributed by atoms with van der Waals surface area (Å²) in [6.07, 6.45) is 1.54. The van der Waals surface area contributed by atoms with Crippen LogP contribution in [-0.2, 0) is 4.79 Å². The summed E-state index contributed by atoms with van der Waals surface area (Å²) in [5.74, 6) is 0.656. The fourth-order valence-corrected chi connectivity index (χ4v) is 1.93. The van der Waals surface area contributed by atoms with Gasteiger partial charge in [-0.3, -0.25) is 4.79 Å². The maximum atomic E-state index is 12.1. The molecule has 1 aromatic carbocycles. The fraction of sp³-hybridized carbons (Fsp3) is 0.533. The van der Waals surface area contributed by atoms with Gasteiger partial charge in [-0.25, -0.2) is 0 Å². The van der Waals surface area contributed by atoms with E-state index in [2.05, 4.69) is 5.32 Å². The molecule has 0 bridgehead atoms. The lowest BCUT2D eigenvalue weighted by atomic mass is 9.96. The summed E-state index contributed by atoms with van der Waals surface area (Å²) in [5.41, 5.74) is 6.92. The van der Waals surface area contributed by atoms with Crippen LogP contribution in [-0.4, -0.2) is 18.1 Å². The lowest BCUT2D eigenvalue weighted by molar-refractivity contribution is -0.120. The third-order valence-corrected chi connectivity index (χ3v) is 3.05. The van der Waals surface area contributed by atoms with Gasteiger partial charge in [0.1, 0.15) is 5.75 Å². The molecule has 1 unspecified atom stereocenters. The van der Waals surface area contributed by atoms with Gasteiger partial charge in [-0.15, -0.1) is 0 Å². The molecule has 0 aromatic heterocycles. The van der Waals surface area contributed by atoms with Crippen molar-refractivity contribution >= 4 is 11.6 Å². The summed E-state index contributed by atoms with van der Waals surface area (Å²) < 4.78 is 5.42. The standard InChI is InChI=1S/C15H24N2O2/c1-5-9-15(4,16)14(18)17-13-8-7-12(19-6-2)10-11(13)3/h7-8,10H,5-6,9,16H2,1-4H3,(H,17,18). The van der Waals surface area contributed by atoms with Crippen LogP contribution in [0.15, 0.2) is 18.2 Å². The van der Waals surface area contributed by atoms with Crippen LogP contribution in [0.2, 0.25) is 0 Å². The number of aryl methyl sites for hydroxylation is 1. The summed E-state index contributed by atoms with van der Waals surface area (Å²) in [7, 11) is 0. The first-order valence-electron chi connectivity index (χ1n) is 6.74. The molecule has 0 fully saturated rings. The van der Waals surface area contributed by atoms with Crippen molar-refractivity contribution in [2.75, 3.05) is 11.9 Å². The second-order valence-corrected chi connectivity index (χ2v) is 5.03. The molecule has 0 saturated heterocycles. The molecule has 1 rings (SSSR count). The summed E-state index contributed by atoms with van der Waals surface area (Å²) in [4.78, 5) is 12.1. The number of rotatable bonds is 6. The Labute approximate surface area is 115 Å². The Bertz CT molecular complexity index is 442. The normalized spacial score (nSPS) is 13.7. The van der Waals surface area contributed by atoms with Crippen LogP contribution in [0, 0.1) is 6.92 Å². The number of anilines is 1. The van der Waals surface area contributed by atoms with Crippen molar-refractivity contribution in [1.29, 1.82) is 0 Å². The van der Waals surface area contributed by atoms with Gasteiger partial charge in [-0.2, -0.15) is 0 Å². The van der Waals surface area contributed by atoms with Crippen LogP contribution in [0.4, 0.5) is 5.69 Å². The van der Waals surface area contributed by atoms with Crippen LogP contribution in [0.25, 0.3) is 0 Å². The second kappa shape index (κ2) is 6.57. The average molecular weight is 264 g/mol. The van der Waals surface area contributed by atoms with Gasteiger partial charge in [-0.1, -0.05) is 13.3 Å². The Morgan fingerprint density at radius 3 is 2.63 bits per heavy atom. The molecule has 3 N–H and O–H groups in total. The zero-order valence-electron chi connectivity index (χ0n) is 12.2. The summed E-state index contributed by atoms with van der Waals surface area (Å²) in [6.45, 7) is 8.28. The van der Waals surface area contributed by atoms with Gasteiger partial charge in [0.15, 0.2) is 0 Å². The van der Waals surface area contributed by atoms with Crippen molar-refractivity contribution < 1.29 is 9.53 Å². The molecule has 0 spiro atoms. The van der Waals surface area contributed by atoms with E-state index in [-0.39, 0.29) is 5.91 Å². The van der Waals surface area contributed by atoms with E-state index in [0.717, 1.165) is 23.4 Å². The Kier molecular flexibility index (Phi) is 5.36. The van der Waals surface area contributed by atoms with E-state index in [4.69, 9.17) is 10.5 Å². The average Bonchev–Trinajstić information content (AvgIpc) is 2.32. The molecule has 0 aliphatic heterocycles. The SMILES string of the molecule is CCCC(C)(N)C(=O)Nc1ccc(OCC)cc1C. The lowest BCUT2D eigenvalue weighted by Gasteiger charge is -2.23. The van der Waals surface area contributed by atoms with Gasteiger partial charge in [0.25, 0.3) is 0 Å². The van der Waals surface area contributed by atoms with Gasteiger partial charge in [0, 0.05) is 5.69 Å². The Morgan fingerprint density at radius 1 is 1.42 bits per heavy atom. The molecular formula is C15H24N2O2. The fourth-order valence-electron chi connectivity index (χ4n) is 1.93. The highest BCUT2D eigenvalue weighted by molar-refractivity contribution is 5.98. The predicted molar refractivity (Wildman–Crippen MR) is 78.5 cm³/mol. The molecule has 0 aliphatic rings. The topological polar surface area (TPSA) is 64.4 Å². The number of benzene rings is 1. The number of carbonyl (C=O) groups excluding carboxylic acids is 1. The van der Waals surface area contributed by atoms with Crippen molar-refractivity contribution in [2.45, 2.75) is 46.1 Å². The number of hydrogen-bond acceptors (Lipinski definition) is 3. The van der Waals surface area contributed by atoms with Crippen LogP contribution in [0.1, 0.15) is 39.2 Å². The quantitative estimate of drug-likeness (QED) is 0.830. The Balaban J connectivity index is 2.80. The molecule has 4 heteroatoms. The Morgan fingerprint density at radius 2 is 2.11 bits per heavy atom. The van der Waals surface area contributed by atoms with Gasteiger partial charge in [-0.05, 0) is 51.0 Å². The number of amides is 1. The highest BCUT2D eigenvalue weighted by Crippen LogP contribution is 2.22. The maximum Gasteiger partial charge on any atom is 0.244 e. The molecular weight excluding hydrogens is 240 g/mol. The van der Waals surface area contributed by atoms with E-state index < -0.39 is 5.54 Å². The van der Waals surface area contributed by atoms with E-state index in [1.807, 2.05) is 39.0 Å². The molecule has 0 saturated carbocycles. The van der Waals surface area contributed by atoms with Crippen LogP contribution >= 0.6 is 0 Å². The van der Waals surface area contributed by atoms with Crippen LogP contribution < -0.4 is 15.8 Å². The van der Waals surface area contributed by atoms with E-state index in [1.165, 1.54) is 0 Å². The molecule has 1 atom stereocenters. The first-order chi connectivity index (χ1) is 8.90. The van der Waals surface area contributed by atoms with Crippen molar-refractivity contribution in [3.63, 3.8) is 0 Å². The van der Waals surface area contributed by atoms with Crippen molar-refractivity contribution in [2.24, 2.45) is 5.73 Å². The maximum absolute atomic E-state index is 12.1. The van der Waals surface area contributed by atoms with Gasteiger partial charge < -0.3 is 15.8 Å². The second-order valence-electron chi connectivity index (χ2n) is 5.03. The zero-order chi connectivity index (χ0) is 14.5. The summed E-state index contributed by atoms with van der Waals surface area (Å²) in [6, 6.07) is 5.60. The smallest absolute Gasteiger partial charge is 0.244 e. The third-order valence-electron chi connectivity index (χ3n) is 3.05. The first kappa shape index (κ1) is 15.5. The van der Waals surface area contributed by atoms with Gasteiger partial charge >= 0.3 is 0 Å². The van der Waals surface area contributed by atoms with Crippen LogP contribution in [0.5, 0.6) is 5.75 Å². The van der Waals surface area contributed by atoms with Gasteiger partial charge in [0.05, 0.1) is 12.1 Å². The number of carbonyl (C=O) groups is 1. The molecule has 0 heterocycles. The minimum Gasteiger partial charge on any atom is -0.494 e. The van der Waals surface area contributed by atoms with Crippen molar-refractivity contribution in [3.8, 4) is 5.75 Å². The van der Waals surface area contributed by atoms with E-state index in [1.54, 1.807) is 6.92 Å². The number of hydrogen-bond donors (Lipinski definition) is 2. The molecule has 0 radical (unpaired) electrons. The minimum atomic E-state index is -0.834. The molecule has 1 aromatic rings. The van der Waals surface area contributed by atoms with Crippen molar-refractivity contribution in [3.05, 3.63) is 23.8 Å². The van der Waals surface area contributed by atoms with Gasteiger partial charge in [0.2, 0.25) is 5.91 Å². The minimum absolute atomic E-state index is 0.151. The molecule has 1 amide bonds. The molecule has 19 heavy (non-hydrogen) atoms. The number of nitrogens with two attached hydrogens (primary N) is 1. The molecule has 0 aliphatic carbocycles. The first-order valence-corrected chi connectivity index (χ1v) is 6.74. The highest BCUT2D eigenvalue weighted by Gasteiger charge is 2.27. The number of nitrogens with one attached hydrogen (secondary N) is 1. The predicted octanol–water partition coefficient (Wildman–Crippen LogP) is 2.85. The lowest BCUT2D eigenvalue weighted by Crippen LogP contribution is -2.48. The summed E-state index contributed by atoms with van der Waals surface area (Å²) >= 11 is 0. The van der Waals surface area contributed by atoms with E-state index >= 15 is 0 Å². The molecule has 4 nitrogen and oxygen atoms in total. The van der Waals surface area contributed by atoms with E-state index in [0.29, 0.717) is 13.0 Å². The van der Waals surface area contributed by atoms with Crippen LogP contribution in [0.3, 0.4) is 0 Å². The monoisotopic (exact) mass is 264 g/mol. The number of ether oxygens (including phenoxy) is 1. The third kappa shape index (κ3) is 4.24. The highest BCUT2D eigenvalue weighted by atomic mass is 16.5. The zero-order valence-corrected chi connectivity index (χ0v) is 12.2. The van der Waals surface area contributed by atoms with E-state index in [9.17, 15) is 4.79 Å².